The van der Waals surface area contributed by atoms with Gasteiger partial charge < -0.3 is 19.5 Å². The molecule has 0 fully saturated rings. The third kappa shape index (κ3) is 8.90. The van der Waals surface area contributed by atoms with Gasteiger partial charge in [-0.3, -0.25) is 9.59 Å². The Morgan fingerprint density at radius 1 is 0.721 bits per heavy atom. The SMILES string of the molecule is CCOc1ccc(NC(=O)C(=O)NN=Cc2ccc(OC(=O)c3ccc(Cl)cc3)cc2OC(=O)c2ccc(Cl)cc2)cc1. The molecule has 43 heavy (non-hydrogen) atoms. The molecule has 218 valence electrons. The van der Waals surface area contributed by atoms with E-state index in [1.807, 2.05) is 6.92 Å². The minimum Gasteiger partial charge on any atom is -0.494 e. The van der Waals surface area contributed by atoms with Crippen LogP contribution in [0.15, 0.2) is 96.1 Å². The highest BCUT2D eigenvalue weighted by atomic mass is 35.5. The summed E-state index contributed by atoms with van der Waals surface area (Å²) in [4.78, 5) is 50.0. The van der Waals surface area contributed by atoms with E-state index in [1.54, 1.807) is 36.4 Å². The standard InChI is InChI=1S/C31H23Cl2N3O7/c1-2-41-25-15-12-24(13-16-25)35-28(37)29(38)36-34-18-21-7-14-26(42-30(39)19-3-8-22(32)9-4-19)17-27(21)43-31(40)20-5-10-23(33)11-6-20/h3-18H,2H2,1H3,(H,35,37)(H,36,38). The lowest BCUT2D eigenvalue weighted by molar-refractivity contribution is -0.136. The number of amides is 2. The summed E-state index contributed by atoms with van der Waals surface area (Å²) in [6.45, 7) is 2.34. The van der Waals surface area contributed by atoms with Crippen LogP contribution in [0.4, 0.5) is 5.69 Å². The van der Waals surface area contributed by atoms with Crippen LogP contribution in [-0.2, 0) is 9.59 Å². The van der Waals surface area contributed by atoms with Crippen molar-refractivity contribution in [3.8, 4) is 17.2 Å². The predicted molar refractivity (Wildman–Crippen MR) is 161 cm³/mol. The van der Waals surface area contributed by atoms with Crippen LogP contribution in [0, 0.1) is 0 Å². The van der Waals surface area contributed by atoms with E-state index in [4.69, 9.17) is 37.4 Å². The molecule has 0 aliphatic heterocycles. The summed E-state index contributed by atoms with van der Waals surface area (Å²) < 4.78 is 16.3. The van der Waals surface area contributed by atoms with Crippen LogP contribution in [0.3, 0.4) is 0 Å². The summed E-state index contributed by atoms with van der Waals surface area (Å²) in [7, 11) is 0. The number of ether oxygens (including phenoxy) is 3. The number of nitrogens with one attached hydrogen (secondary N) is 2. The van der Waals surface area contributed by atoms with Crippen LogP contribution in [0.5, 0.6) is 17.2 Å². The summed E-state index contributed by atoms with van der Waals surface area (Å²) in [6.07, 6.45) is 1.16. The second kappa shape index (κ2) is 14.6. The summed E-state index contributed by atoms with van der Waals surface area (Å²) in [5, 5.41) is 7.14. The number of halogens is 2. The zero-order valence-electron chi connectivity index (χ0n) is 22.5. The second-order valence-corrected chi connectivity index (χ2v) is 9.48. The van der Waals surface area contributed by atoms with Gasteiger partial charge in [0.1, 0.15) is 17.2 Å². The van der Waals surface area contributed by atoms with Crippen molar-refractivity contribution in [1.29, 1.82) is 0 Å². The number of esters is 2. The molecule has 0 spiro atoms. The molecule has 4 aromatic rings. The van der Waals surface area contributed by atoms with Crippen molar-refractivity contribution in [2.45, 2.75) is 6.92 Å². The maximum Gasteiger partial charge on any atom is 0.343 e. The average Bonchev–Trinajstić information content (AvgIpc) is 3.00. The van der Waals surface area contributed by atoms with Crippen molar-refractivity contribution < 1.29 is 33.4 Å². The fourth-order valence-corrected chi connectivity index (χ4v) is 3.72. The van der Waals surface area contributed by atoms with Crippen LogP contribution in [0.2, 0.25) is 10.0 Å². The maximum atomic E-state index is 12.8. The fourth-order valence-electron chi connectivity index (χ4n) is 3.47. The molecule has 0 unspecified atom stereocenters. The molecule has 0 bridgehead atoms. The molecule has 2 N–H and O–H groups in total. The molecule has 10 nitrogen and oxygen atoms in total. The molecular weight excluding hydrogens is 597 g/mol. The molecule has 4 rings (SSSR count). The van der Waals surface area contributed by atoms with E-state index in [2.05, 4.69) is 15.8 Å². The largest absolute Gasteiger partial charge is 0.494 e. The van der Waals surface area contributed by atoms with E-state index in [0.717, 1.165) is 6.21 Å². The molecule has 4 aromatic carbocycles. The lowest BCUT2D eigenvalue weighted by Gasteiger charge is -2.11. The van der Waals surface area contributed by atoms with Crippen LogP contribution >= 0.6 is 23.2 Å². The molecule has 12 heteroatoms. The van der Waals surface area contributed by atoms with Gasteiger partial charge in [0.15, 0.2) is 0 Å². The Bertz CT molecular complexity index is 1660. The first kappa shape index (κ1) is 30.8. The molecule has 2 amide bonds. The molecular formula is C31H23Cl2N3O7. The number of carbonyl (C=O) groups excluding carboxylic acids is 4. The number of hydrogen-bond donors (Lipinski definition) is 2. The molecule has 0 saturated heterocycles. The summed E-state index contributed by atoms with van der Waals surface area (Å²) in [6, 6.07) is 22.8. The highest BCUT2D eigenvalue weighted by Crippen LogP contribution is 2.26. The van der Waals surface area contributed by atoms with Crippen molar-refractivity contribution in [3.63, 3.8) is 0 Å². The first-order valence-electron chi connectivity index (χ1n) is 12.7. The number of rotatable bonds is 9. The third-order valence-corrected chi connectivity index (χ3v) is 6.06. The van der Waals surface area contributed by atoms with E-state index < -0.39 is 23.8 Å². The topological polar surface area (TPSA) is 132 Å². The monoisotopic (exact) mass is 619 g/mol. The van der Waals surface area contributed by atoms with E-state index in [1.165, 1.54) is 54.6 Å². The Morgan fingerprint density at radius 2 is 1.28 bits per heavy atom. The fraction of sp³-hybridized carbons (Fsp3) is 0.0645. The van der Waals surface area contributed by atoms with Gasteiger partial charge in [-0.05, 0) is 91.9 Å². The van der Waals surface area contributed by atoms with Gasteiger partial charge in [0.25, 0.3) is 0 Å². The summed E-state index contributed by atoms with van der Waals surface area (Å²) in [5.41, 5.74) is 3.18. The normalized spacial score (nSPS) is 10.6. The predicted octanol–water partition coefficient (Wildman–Crippen LogP) is 5.92. The van der Waals surface area contributed by atoms with E-state index in [9.17, 15) is 19.2 Å². The molecule has 0 heterocycles. The zero-order valence-corrected chi connectivity index (χ0v) is 24.0. The minimum absolute atomic E-state index is 0.0433. The first-order chi connectivity index (χ1) is 20.7. The number of hydrazone groups is 1. The quantitative estimate of drug-likeness (QED) is 0.0781. The van der Waals surface area contributed by atoms with Crippen molar-refractivity contribution in [1.82, 2.24) is 5.43 Å². The first-order valence-corrected chi connectivity index (χ1v) is 13.4. The Balaban J connectivity index is 1.48. The highest BCUT2D eigenvalue weighted by Gasteiger charge is 2.16. The molecule has 0 saturated carbocycles. The average molecular weight is 620 g/mol. The van der Waals surface area contributed by atoms with Crippen molar-refractivity contribution >= 4 is 58.9 Å². The van der Waals surface area contributed by atoms with E-state index in [0.29, 0.717) is 28.1 Å². The Hall–Kier alpha value is -5.19. The van der Waals surface area contributed by atoms with Gasteiger partial charge in [0, 0.05) is 27.4 Å². The lowest BCUT2D eigenvalue weighted by Crippen LogP contribution is -2.32. The molecule has 0 aliphatic carbocycles. The second-order valence-electron chi connectivity index (χ2n) is 8.60. The van der Waals surface area contributed by atoms with Crippen molar-refractivity contribution in [2.75, 3.05) is 11.9 Å². The highest BCUT2D eigenvalue weighted by molar-refractivity contribution is 6.39. The van der Waals surface area contributed by atoms with Gasteiger partial charge in [0.2, 0.25) is 0 Å². The minimum atomic E-state index is -1.04. The molecule has 0 aromatic heterocycles. The van der Waals surface area contributed by atoms with Gasteiger partial charge in [-0.15, -0.1) is 0 Å². The van der Waals surface area contributed by atoms with Crippen LogP contribution in [-0.4, -0.2) is 36.6 Å². The smallest absolute Gasteiger partial charge is 0.343 e. The number of benzene rings is 4. The summed E-state index contributed by atoms with van der Waals surface area (Å²) >= 11 is 11.8. The lowest BCUT2D eigenvalue weighted by atomic mass is 10.2. The molecule has 0 atom stereocenters. The number of hydrogen-bond acceptors (Lipinski definition) is 8. The van der Waals surface area contributed by atoms with Gasteiger partial charge in [-0.2, -0.15) is 5.10 Å². The Labute approximate surface area is 256 Å². The van der Waals surface area contributed by atoms with Crippen LogP contribution in [0.25, 0.3) is 0 Å². The van der Waals surface area contributed by atoms with Gasteiger partial charge in [0.05, 0.1) is 23.9 Å². The Kier molecular flexibility index (Phi) is 10.5. The van der Waals surface area contributed by atoms with E-state index >= 15 is 0 Å². The third-order valence-electron chi connectivity index (χ3n) is 5.56. The molecule has 0 aliphatic rings. The van der Waals surface area contributed by atoms with Crippen LogP contribution in [0.1, 0.15) is 33.2 Å². The van der Waals surface area contributed by atoms with Crippen molar-refractivity contribution in [3.05, 3.63) is 118 Å². The Morgan fingerprint density at radius 3 is 1.86 bits per heavy atom. The van der Waals surface area contributed by atoms with Crippen LogP contribution < -0.4 is 25.0 Å². The maximum absolute atomic E-state index is 12.8. The summed E-state index contributed by atoms with van der Waals surface area (Å²) in [5.74, 6) is -2.76. The number of anilines is 1. The van der Waals surface area contributed by atoms with Gasteiger partial charge in [-0.25, -0.2) is 15.0 Å². The van der Waals surface area contributed by atoms with Gasteiger partial charge in [-0.1, -0.05) is 23.2 Å². The molecule has 0 radical (unpaired) electrons. The zero-order chi connectivity index (χ0) is 30.8. The number of carbonyl (C=O) groups is 4. The number of nitrogens with zero attached hydrogens (tertiary/aromatic N) is 1. The van der Waals surface area contributed by atoms with E-state index in [-0.39, 0.29) is 28.2 Å². The van der Waals surface area contributed by atoms with Gasteiger partial charge >= 0.3 is 23.8 Å². The van der Waals surface area contributed by atoms with Crippen molar-refractivity contribution in [2.24, 2.45) is 5.10 Å².